The Balaban J connectivity index is 1.10. The zero-order valence-electron chi connectivity index (χ0n) is 29.6. The highest BCUT2D eigenvalue weighted by Gasteiger charge is 2.19. The average Bonchev–Trinajstić information content (AvgIpc) is 3.63. The van der Waals surface area contributed by atoms with Crippen molar-refractivity contribution in [2.75, 3.05) is 4.90 Å². The van der Waals surface area contributed by atoms with Gasteiger partial charge in [-0.05, 0) is 104 Å². The second-order valence-corrected chi connectivity index (χ2v) is 13.7. The van der Waals surface area contributed by atoms with Crippen LogP contribution in [0.2, 0.25) is 0 Å². The highest BCUT2D eigenvalue weighted by atomic mass is 16.3. The summed E-state index contributed by atoms with van der Waals surface area (Å²) in [7, 11) is 0. The van der Waals surface area contributed by atoms with E-state index in [-0.39, 0.29) is 0 Å². The van der Waals surface area contributed by atoms with Crippen LogP contribution in [0.15, 0.2) is 217 Å². The molecule has 10 rings (SSSR count). The Hall–Kier alpha value is -7.16. The summed E-state index contributed by atoms with van der Waals surface area (Å²) in [4.78, 5) is 2.34. The molecule has 9 aromatic carbocycles. The lowest BCUT2D eigenvalue weighted by Gasteiger charge is -2.26. The summed E-state index contributed by atoms with van der Waals surface area (Å²) in [5.41, 5.74) is 14.5. The molecule has 2 nitrogen and oxygen atoms in total. The molecule has 254 valence electrons. The summed E-state index contributed by atoms with van der Waals surface area (Å²) < 4.78 is 6.67. The van der Waals surface area contributed by atoms with Gasteiger partial charge in [-0.3, -0.25) is 0 Å². The van der Waals surface area contributed by atoms with E-state index in [4.69, 9.17) is 4.42 Å². The van der Waals surface area contributed by atoms with Crippen LogP contribution in [0.4, 0.5) is 17.1 Å². The first-order valence-electron chi connectivity index (χ1n) is 18.4. The number of hydrogen-bond donors (Lipinski definition) is 0. The predicted octanol–water partition coefficient (Wildman–Crippen LogP) is 14.9. The Kier molecular flexibility index (Phi) is 7.85. The number of rotatable bonds is 7. The van der Waals surface area contributed by atoms with Crippen LogP contribution in [0, 0.1) is 0 Å². The van der Waals surface area contributed by atoms with Crippen LogP contribution in [0.5, 0.6) is 0 Å². The fourth-order valence-corrected chi connectivity index (χ4v) is 7.79. The first-order valence-corrected chi connectivity index (χ1v) is 18.4. The van der Waals surface area contributed by atoms with Crippen LogP contribution in [-0.2, 0) is 0 Å². The molecule has 1 aromatic heterocycles. The van der Waals surface area contributed by atoms with E-state index >= 15 is 0 Å². The fourth-order valence-electron chi connectivity index (χ4n) is 7.79. The molecule has 0 radical (unpaired) electrons. The summed E-state index contributed by atoms with van der Waals surface area (Å²) in [5, 5.41) is 4.61. The van der Waals surface area contributed by atoms with Crippen LogP contribution < -0.4 is 4.90 Å². The molecular formula is C52H35NO. The number of hydrogen-bond acceptors (Lipinski definition) is 2. The van der Waals surface area contributed by atoms with E-state index in [9.17, 15) is 0 Å². The summed E-state index contributed by atoms with van der Waals surface area (Å²) >= 11 is 0. The number of benzene rings is 9. The van der Waals surface area contributed by atoms with E-state index in [1.807, 2.05) is 0 Å². The van der Waals surface area contributed by atoms with Gasteiger partial charge in [-0.1, -0.05) is 164 Å². The highest BCUT2D eigenvalue weighted by molar-refractivity contribution is 6.22. The van der Waals surface area contributed by atoms with Crippen molar-refractivity contribution in [2.24, 2.45) is 0 Å². The lowest BCUT2D eigenvalue weighted by molar-refractivity contribution is 0.669. The molecule has 0 aliphatic heterocycles. The average molecular weight is 690 g/mol. The quantitative estimate of drug-likeness (QED) is 0.166. The number of anilines is 3. The van der Waals surface area contributed by atoms with Gasteiger partial charge in [0.2, 0.25) is 0 Å². The molecule has 0 bridgehead atoms. The third kappa shape index (κ3) is 5.71. The van der Waals surface area contributed by atoms with Gasteiger partial charge in [-0.2, -0.15) is 0 Å². The summed E-state index contributed by atoms with van der Waals surface area (Å²) in [6.45, 7) is 0. The van der Waals surface area contributed by atoms with Gasteiger partial charge >= 0.3 is 0 Å². The molecule has 0 atom stereocenters. The normalized spacial score (nSPS) is 11.3. The maximum Gasteiger partial charge on any atom is 0.136 e. The van der Waals surface area contributed by atoms with Crippen LogP contribution in [0.1, 0.15) is 0 Å². The van der Waals surface area contributed by atoms with Crippen molar-refractivity contribution >= 4 is 49.8 Å². The Morgan fingerprint density at radius 3 is 1.20 bits per heavy atom. The second-order valence-electron chi connectivity index (χ2n) is 13.7. The fraction of sp³-hybridized carbons (Fsp3) is 0. The summed E-state index contributed by atoms with van der Waals surface area (Å²) in [5.74, 6) is 0. The van der Waals surface area contributed by atoms with Crippen molar-refractivity contribution in [1.29, 1.82) is 0 Å². The van der Waals surface area contributed by atoms with E-state index in [1.165, 1.54) is 44.2 Å². The van der Waals surface area contributed by atoms with E-state index in [0.29, 0.717) is 0 Å². The summed E-state index contributed by atoms with van der Waals surface area (Å²) in [6, 6.07) is 75.7. The molecule has 1 heterocycles. The van der Waals surface area contributed by atoms with Crippen molar-refractivity contribution in [1.82, 2.24) is 0 Å². The second kappa shape index (κ2) is 13.4. The molecule has 0 aliphatic carbocycles. The molecule has 2 heteroatoms. The number of furan rings is 1. The van der Waals surface area contributed by atoms with Gasteiger partial charge in [-0.25, -0.2) is 0 Å². The number of nitrogens with zero attached hydrogens (tertiary/aromatic N) is 1. The van der Waals surface area contributed by atoms with E-state index in [0.717, 1.165) is 50.1 Å². The summed E-state index contributed by atoms with van der Waals surface area (Å²) in [6.07, 6.45) is 0. The van der Waals surface area contributed by atoms with Gasteiger partial charge in [0.15, 0.2) is 0 Å². The topological polar surface area (TPSA) is 16.4 Å². The third-order valence-electron chi connectivity index (χ3n) is 10.5. The van der Waals surface area contributed by atoms with Crippen LogP contribution in [0.3, 0.4) is 0 Å². The minimum Gasteiger partial charge on any atom is -0.456 e. The van der Waals surface area contributed by atoms with Crippen molar-refractivity contribution in [3.05, 3.63) is 212 Å². The molecule has 0 amide bonds. The monoisotopic (exact) mass is 689 g/mol. The van der Waals surface area contributed by atoms with Crippen molar-refractivity contribution in [3.63, 3.8) is 0 Å². The lowest BCUT2D eigenvalue weighted by Crippen LogP contribution is -2.09. The minimum atomic E-state index is 0.870. The Bertz CT molecular complexity index is 2790. The van der Waals surface area contributed by atoms with E-state index < -0.39 is 0 Å². The molecule has 54 heavy (non-hydrogen) atoms. The third-order valence-corrected chi connectivity index (χ3v) is 10.5. The van der Waals surface area contributed by atoms with Crippen LogP contribution in [0.25, 0.3) is 77.2 Å². The van der Waals surface area contributed by atoms with Gasteiger partial charge < -0.3 is 9.32 Å². The molecule has 0 saturated carbocycles. The molecule has 0 saturated heterocycles. The van der Waals surface area contributed by atoms with Gasteiger partial charge in [0, 0.05) is 27.8 Å². The predicted molar refractivity (Wildman–Crippen MR) is 228 cm³/mol. The van der Waals surface area contributed by atoms with Crippen LogP contribution in [-0.4, -0.2) is 0 Å². The zero-order valence-corrected chi connectivity index (χ0v) is 29.6. The van der Waals surface area contributed by atoms with Gasteiger partial charge in [0.05, 0.1) is 0 Å². The smallest absolute Gasteiger partial charge is 0.136 e. The molecule has 0 unspecified atom stereocenters. The minimum absolute atomic E-state index is 0.870. The molecule has 0 N–H and O–H groups in total. The SMILES string of the molecule is c1ccc(-c2ccc(-c3cc4oc5ccc(N(c6ccc(-c7ccccc7)cc6)c6ccc(-c7ccccc7)cc6)cc5c4c4ccccc34)cc2)cc1. The van der Waals surface area contributed by atoms with E-state index in [1.54, 1.807) is 0 Å². The zero-order chi connectivity index (χ0) is 35.8. The van der Waals surface area contributed by atoms with Crippen molar-refractivity contribution in [3.8, 4) is 44.5 Å². The van der Waals surface area contributed by atoms with Gasteiger partial charge in [-0.15, -0.1) is 0 Å². The van der Waals surface area contributed by atoms with Gasteiger partial charge in [0.1, 0.15) is 11.2 Å². The van der Waals surface area contributed by atoms with Crippen molar-refractivity contribution < 1.29 is 4.42 Å². The van der Waals surface area contributed by atoms with Crippen molar-refractivity contribution in [2.45, 2.75) is 0 Å². The highest BCUT2D eigenvalue weighted by Crippen LogP contribution is 2.44. The van der Waals surface area contributed by atoms with E-state index in [2.05, 4.69) is 217 Å². The Morgan fingerprint density at radius 2 is 0.685 bits per heavy atom. The maximum absolute atomic E-state index is 6.67. The Morgan fingerprint density at radius 1 is 0.278 bits per heavy atom. The lowest BCUT2D eigenvalue weighted by atomic mass is 9.93. The molecule has 0 spiro atoms. The molecule has 0 aliphatic rings. The largest absolute Gasteiger partial charge is 0.456 e. The molecular weight excluding hydrogens is 655 g/mol. The molecule has 0 fully saturated rings. The van der Waals surface area contributed by atoms with Crippen LogP contribution >= 0.6 is 0 Å². The first kappa shape index (κ1) is 31.6. The first-order chi connectivity index (χ1) is 26.8. The van der Waals surface area contributed by atoms with Gasteiger partial charge in [0.25, 0.3) is 0 Å². The number of fused-ring (bicyclic) bond motifs is 5. The standard InChI is InChI=1S/C52H35NO/c1-4-12-36(13-5-1)39-20-22-42(23-21-39)48-35-51-52(47-19-11-10-18-46(47)48)49-34-45(32-33-50(49)54-51)53(43-28-24-40(25-29-43)37-14-6-2-7-15-37)44-30-26-41(27-31-44)38-16-8-3-9-17-38/h1-35H. The molecule has 10 aromatic rings. The Labute approximate surface area is 314 Å². The maximum atomic E-state index is 6.67.